The first-order valence-corrected chi connectivity index (χ1v) is 4.05. The van der Waals surface area contributed by atoms with Gasteiger partial charge in [-0.15, -0.1) is 0 Å². The molecule has 0 aromatic rings. The highest BCUT2D eigenvalue weighted by Crippen LogP contribution is 2.21. The lowest BCUT2D eigenvalue weighted by Crippen LogP contribution is -2.18. The second kappa shape index (κ2) is 4.33. The zero-order valence-electron chi connectivity index (χ0n) is 7.23. The van der Waals surface area contributed by atoms with Gasteiger partial charge in [0.25, 0.3) is 0 Å². The van der Waals surface area contributed by atoms with Gasteiger partial charge in [0.05, 0.1) is 18.4 Å². The SMILES string of the molecule is C=C1CC=COC1CC(C#N)C#N. The third kappa shape index (κ3) is 2.35. The summed E-state index contributed by atoms with van der Waals surface area (Å²) >= 11 is 0. The van der Waals surface area contributed by atoms with Gasteiger partial charge in [-0.1, -0.05) is 6.58 Å². The molecule has 3 nitrogen and oxygen atoms in total. The topological polar surface area (TPSA) is 56.8 Å². The van der Waals surface area contributed by atoms with Crippen LogP contribution < -0.4 is 0 Å². The van der Waals surface area contributed by atoms with Crippen LogP contribution in [0.2, 0.25) is 0 Å². The molecule has 66 valence electrons. The van der Waals surface area contributed by atoms with E-state index in [4.69, 9.17) is 15.3 Å². The fourth-order valence-corrected chi connectivity index (χ4v) is 1.15. The second-order valence-electron chi connectivity index (χ2n) is 2.91. The van der Waals surface area contributed by atoms with Crippen molar-refractivity contribution in [3.05, 3.63) is 24.5 Å². The molecule has 0 aromatic carbocycles. The van der Waals surface area contributed by atoms with E-state index in [1.807, 2.05) is 18.2 Å². The number of allylic oxidation sites excluding steroid dienone is 1. The minimum atomic E-state index is -0.603. The van der Waals surface area contributed by atoms with Crippen molar-refractivity contribution in [3.63, 3.8) is 0 Å². The predicted molar refractivity (Wildman–Crippen MR) is 47.1 cm³/mol. The molecule has 0 N–H and O–H groups in total. The van der Waals surface area contributed by atoms with E-state index in [-0.39, 0.29) is 6.10 Å². The summed E-state index contributed by atoms with van der Waals surface area (Å²) in [6.07, 6.45) is 4.48. The maximum absolute atomic E-state index is 8.57. The van der Waals surface area contributed by atoms with Gasteiger partial charge in [0.15, 0.2) is 0 Å². The summed E-state index contributed by atoms with van der Waals surface area (Å²) in [7, 11) is 0. The molecule has 0 spiro atoms. The lowest BCUT2D eigenvalue weighted by molar-refractivity contribution is 0.151. The van der Waals surface area contributed by atoms with Crippen molar-refractivity contribution >= 4 is 0 Å². The highest BCUT2D eigenvalue weighted by atomic mass is 16.5. The van der Waals surface area contributed by atoms with Crippen molar-refractivity contribution in [1.29, 1.82) is 10.5 Å². The van der Waals surface area contributed by atoms with Crippen LogP contribution in [0.15, 0.2) is 24.5 Å². The quantitative estimate of drug-likeness (QED) is 0.601. The summed E-state index contributed by atoms with van der Waals surface area (Å²) in [6, 6.07) is 3.83. The average Bonchev–Trinajstić information content (AvgIpc) is 2.17. The molecule has 0 aliphatic carbocycles. The molecule has 1 heterocycles. The van der Waals surface area contributed by atoms with E-state index in [1.165, 1.54) is 0 Å². The molecule has 0 amide bonds. The van der Waals surface area contributed by atoms with Crippen LogP contribution in [-0.4, -0.2) is 6.10 Å². The molecule has 13 heavy (non-hydrogen) atoms. The van der Waals surface area contributed by atoms with Crippen LogP contribution >= 0.6 is 0 Å². The van der Waals surface area contributed by atoms with E-state index in [0.717, 1.165) is 12.0 Å². The third-order valence-electron chi connectivity index (χ3n) is 1.94. The summed E-state index contributed by atoms with van der Waals surface area (Å²) < 4.78 is 5.24. The molecule has 0 aromatic heterocycles. The van der Waals surface area contributed by atoms with Crippen molar-refractivity contribution < 1.29 is 4.74 Å². The lowest BCUT2D eigenvalue weighted by atomic mass is 9.97. The molecule has 1 atom stereocenters. The summed E-state index contributed by atoms with van der Waals surface area (Å²) in [5.74, 6) is -0.603. The standard InChI is InChI=1S/C10H10N2O/c1-8-3-2-4-13-10(8)5-9(6-11)7-12/h2,4,9-10H,1,3,5H2. The number of hydrogen-bond donors (Lipinski definition) is 0. The highest BCUT2D eigenvalue weighted by Gasteiger charge is 2.20. The van der Waals surface area contributed by atoms with Gasteiger partial charge < -0.3 is 4.74 Å². The minimum Gasteiger partial charge on any atom is -0.494 e. The fraction of sp³-hybridized carbons (Fsp3) is 0.400. The van der Waals surface area contributed by atoms with Crippen molar-refractivity contribution in [2.45, 2.75) is 18.9 Å². The fourth-order valence-electron chi connectivity index (χ4n) is 1.15. The Morgan fingerprint density at radius 2 is 2.31 bits per heavy atom. The average molecular weight is 174 g/mol. The number of ether oxygens (including phenoxy) is 1. The van der Waals surface area contributed by atoms with Crippen molar-refractivity contribution in [2.24, 2.45) is 5.92 Å². The zero-order valence-corrected chi connectivity index (χ0v) is 7.23. The first-order chi connectivity index (χ1) is 6.27. The number of nitriles is 2. The molecular weight excluding hydrogens is 164 g/mol. The van der Waals surface area contributed by atoms with Crippen molar-refractivity contribution in [1.82, 2.24) is 0 Å². The summed E-state index contributed by atoms with van der Waals surface area (Å²) in [6.45, 7) is 3.82. The van der Waals surface area contributed by atoms with Crippen LogP contribution in [0.3, 0.4) is 0 Å². The molecule has 1 aliphatic rings. The monoisotopic (exact) mass is 174 g/mol. The van der Waals surface area contributed by atoms with Crippen molar-refractivity contribution in [3.8, 4) is 12.1 Å². The van der Waals surface area contributed by atoms with Gasteiger partial charge in [-0.3, -0.25) is 0 Å². The minimum absolute atomic E-state index is 0.172. The Hall–Kier alpha value is -1.74. The van der Waals surface area contributed by atoms with Gasteiger partial charge in [0, 0.05) is 6.42 Å². The lowest BCUT2D eigenvalue weighted by Gasteiger charge is -2.21. The van der Waals surface area contributed by atoms with E-state index in [0.29, 0.717) is 6.42 Å². The molecule has 0 saturated heterocycles. The van der Waals surface area contributed by atoms with Crippen LogP contribution in [-0.2, 0) is 4.74 Å². The second-order valence-corrected chi connectivity index (χ2v) is 2.91. The van der Waals surface area contributed by atoms with Crippen LogP contribution in [0.4, 0.5) is 0 Å². The van der Waals surface area contributed by atoms with Crippen LogP contribution in [0.1, 0.15) is 12.8 Å². The predicted octanol–water partition coefficient (Wildman–Crippen LogP) is 1.90. The largest absolute Gasteiger partial charge is 0.494 e. The molecule has 1 rings (SSSR count). The van der Waals surface area contributed by atoms with Crippen LogP contribution in [0.25, 0.3) is 0 Å². The third-order valence-corrected chi connectivity index (χ3v) is 1.94. The van der Waals surface area contributed by atoms with Crippen LogP contribution in [0, 0.1) is 28.6 Å². The smallest absolute Gasteiger partial charge is 0.137 e. The summed E-state index contributed by atoms with van der Waals surface area (Å²) in [5, 5.41) is 17.1. The zero-order chi connectivity index (χ0) is 9.68. The highest BCUT2D eigenvalue weighted by molar-refractivity contribution is 5.14. The normalized spacial score (nSPS) is 20.5. The maximum Gasteiger partial charge on any atom is 0.137 e. The summed E-state index contributed by atoms with van der Waals surface area (Å²) in [4.78, 5) is 0. The Labute approximate surface area is 77.5 Å². The maximum atomic E-state index is 8.57. The molecule has 0 radical (unpaired) electrons. The van der Waals surface area contributed by atoms with Gasteiger partial charge >= 0.3 is 0 Å². The van der Waals surface area contributed by atoms with Gasteiger partial charge in [-0.2, -0.15) is 10.5 Å². The van der Waals surface area contributed by atoms with E-state index < -0.39 is 5.92 Å². The number of rotatable bonds is 2. The number of hydrogen-bond acceptors (Lipinski definition) is 3. The van der Waals surface area contributed by atoms with Gasteiger partial charge in [-0.25, -0.2) is 0 Å². The molecule has 1 unspecified atom stereocenters. The first kappa shape index (κ1) is 9.35. The van der Waals surface area contributed by atoms with Crippen molar-refractivity contribution in [2.75, 3.05) is 0 Å². The molecular formula is C10H10N2O. The van der Waals surface area contributed by atoms with Gasteiger partial charge in [0.2, 0.25) is 0 Å². The Morgan fingerprint density at radius 3 is 2.85 bits per heavy atom. The van der Waals surface area contributed by atoms with E-state index >= 15 is 0 Å². The summed E-state index contributed by atoms with van der Waals surface area (Å²) in [5.41, 5.74) is 0.929. The van der Waals surface area contributed by atoms with E-state index in [1.54, 1.807) is 6.26 Å². The van der Waals surface area contributed by atoms with Crippen LogP contribution in [0.5, 0.6) is 0 Å². The Kier molecular flexibility index (Phi) is 3.11. The molecule has 1 aliphatic heterocycles. The molecule has 0 fully saturated rings. The molecule has 0 saturated carbocycles. The van der Waals surface area contributed by atoms with Gasteiger partial charge in [0.1, 0.15) is 12.0 Å². The van der Waals surface area contributed by atoms with Gasteiger partial charge in [-0.05, 0) is 18.1 Å². The van der Waals surface area contributed by atoms with E-state index in [9.17, 15) is 0 Å². The Morgan fingerprint density at radius 1 is 1.62 bits per heavy atom. The number of nitrogens with zero attached hydrogens (tertiary/aromatic N) is 2. The molecule has 3 heteroatoms. The first-order valence-electron chi connectivity index (χ1n) is 4.05. The van der Waals surface area contributed by atoms with E-state index in [2.05, 4.69) is 6.58 Å². The Bertz CT molecular complexity index is 292. The Balaban J connectivity index is 2.55. The molecule has 0 bridgehead atoms.